The van der Waals surface area contributed by atoms with Gasteiger partial charge in [-0.3, -0.25) is 0 Å². The number of rotatable bonds is 4. The Bertz CT molecular complexity index is 56.1. The average molecular weight is 149 g/mol. The van der Waals surface area contributed by atoms with E-state index < -0.39 is 0 Å². The molecule has 0 aliphatic rings. The standard InChI is InChI=1S/C6H14O2P/c1-5(2)7-9-8-6(3)4/h5-6H,1-4H3. The van der Waals surface area contributed by atoms with E-state index in [1.807, 2.05) is 27.7 Å². The predicted molar refractivity (Wildman–Crippen MR) is 39.4 cm³/mol. The largest absolute Gasteiger partial charge is 0.325 e. The molecule has 3 heteroatoms. The van der Waals surface area contributed by atoms with Crippen molar-refractivity contribution in [3.05, 3.63) is 0 Å². The molecule has 0 aromatic carbocycles. The molecule has 0 amide bonds. The molecule has 0 saturated heterocycles. The Labute approximate surface area is 58.9 Å². The van der Waals surface area contributed by atoms with E-state index in [0.717, 1.165) is 0 Å². The zero-order valence-corrected chi connectivity index (χ0v) is 7.31. The lowest BCUT2D eigenvalue weighted by atomic mass is 10.5. The molecule has 0 saturated carbocycles. The average Bonchev–Trinajstić information content (AvgIpc) is 1.63. The van der Waals surface area contributed by atoms with Crippen molar-refractivity contribution in [2.45, 2.75) is 39.9 Å². The van der Waals surface area contributed by atoms with Crippen molar-refractivity contribution in [2.24, 2.45) is 0 Å². The lowest BCUT2D eigenvalue weighted by molar-refractivity contribution is 0.192. The van der Waals surface area contributed by atoms with Gasteiger partial charge in [-0.25, -0.2) is 0 Å². The summed E-state index contributed by atoms with van der Waals surface area (Å²) in [6, 6.07) is 0. The van der Waals surface area contributed by atoms with Gasteiger partial charge < -0.3 is 9.05 Å². The van der Waals surface area contributed by atoms with Crippen LogP contribution in [0.5, 0.6) is 0 Å². The molecular formula is C6H14O2P. The minimum absolute atomic E-state index is 0.255. The van der Waals surface area contributed by atoms with Gasteiger partial charge in [-0.05, 0) is 27.7 Å². The highest BCUT2D eigenvalue weighted by atomic mass is 31.1. The van der Waals surface area contributed by atoms with Crippen LogP contribution in [0.1, 0.15) is 27.7 Å². The normalized spacial score (nSPS) is 11.3. The Morgan fingerprint density at radius 3 is 1.44 bits per heavy atom. The number of hydrogen-bond donors (Lipinski definition) is 0. The highest BCUT2D eigenvalue weighted by molar-refractivity contribution is 7.26. The van der Waals surface area contributed by atoms with Crippen molar-refractivity contribution in [3.8, 4) is 0 Å². The van der Waals surface area contributed by atoms with Crippen molar-refractivity contribution >= 4 is 9.03 Å². The van der Waals surface area contributed by atoms with E-state index in [9.17, 15) is 0 Å². The third-order valence-electron chi connectivity index (χ3n) is 0.508. The second-order valence-electron chi connectivity index (χ2n) is 2.38. The Hall–Kier alpha value is 0.350. The lowest BCUT2D eigenvalue weighted by Crippen LogP contribution is -1.98. The highest BCUT2D eigenvalue weighted by Gasteiger charge is 1.97. The van der Waals surface area contributed by atoms with Crippen LogP contribution in [0.15, 0.2) is 0 Å². The van der Waals surface area contributed by atoms with Crippen LogP contribution >= 0.6 is 9.03 Å². The molecule has 0 aromatic rings. The Kier molecular flexibility index (Phi) is 5.36. The number of hydrogen-bond acceptors (Lipinski definition) is 2. The maximum Gasteiger partial charge on any atom is 0.257 e. The van der Waals surface area contributed by atoms with Crippen LogP contribution in [0.2, 0.25) is 0 Å². The van der Waals surface area contributed by atoms with Crippen LogP contribution in [0.3, 0.4) is 0 Å². The molecule has 2 nitrogen and oxygen atoms in total. The molecule has 0 spiro atoms. The Morgan fingerprint density at radius 2 is 1.22 bits per heavy atom. The molecule has 0 heterocycles. The molecular weight excluding hydrogens is 135 g/mol. The molecule has 0 unspecified atom stereocenters. The fraction of sp³-hybridized carbons (Fsp3) is 1.00. The third-order valence-corrected chi connectivity index (χ3v) is 1.52. The first-order valence-corrected chi connectivity index (χ1v) is 3.88. The van der Waals surface area contributed by atoms with Crippen LogP contribution in [-0.2, 0) is 9.05 Å². The fourth-order valence-electron chi connectivity index (χ4n) is 0.197. The smallest absolute Gasteiger partial charge is 0.257 e. The van der Waals surface area contributed by atoms with Crippen LogP contribution in [0.4, 0.5) is 0 Å². The summed E-state index contributed by atoms with van der Waals surface area (Å²) in [4.78, 5) is 0. The van der Waals surface area contributed by atoms with Gasteiger partial charge in [0.1, 0.15) is 0 Å². The van der Waals surface area contributed by atoms with Crippen molar-refractivity contribution in [1.82, 2.24) is 0 Å². The minimum Gasteiger partial charge on any atom is -0.325 e. The van der Waals surface area contributed by atoms with E-state index in [0.29, 0.717) is 9.03 Å². The van der Waals surface area contributed by atoms with Gasteiger partial charge in [0, 0.05) is 0 Å². The highest BCUT2D eigenvalue weighted by Crippen LogP contribution is 2.18. The van der Waals surface area contributed by atoms with Crippen LogP contribution in [-0.4, -0.2) is 12.2 Å². The molecule has 0 fully saturated rings. The molecule has 0 atom stereocenters. The summed E-state index contributed by atoms with van der Waals surface area (Å²) in [5.74, 6) is 0. The molecule has 55 valence electrons. The van der Waals surface area contributed by atoms with Crippen LogP contribution in [0, 0.1) is 0 Å². The summed E-state index contributed by atoms with van der Waals surface area (Å²) >= 11 is 0. The van der Waals surface area contributed by atoms with E-state index in [1.54, 1.807) is 0 Å². The van der Waals surface area contributed by atoms with Gasteiger partial charge in [-0.2, -0.15) is 0 Å². The molecule has 9 heavy (non-hydrogen) atoms. The topological polar surface area (TPSA) is 18.5 Å². The van der Waals surface area contributed by atoms with E-state index in [1.165, 1.54) is 0 Å². The first-order valence-electron chi connectivity index (χ1n) is 3.15. The maximum absolute atomic E-state index is 5.10. The van der Waals surface area contributed by atoms with Crippen LogP contribution < -0.4 is 0 Å². The monoisotopic (exact) mass is 149 g/mol. The third kappa shape index (κ3) is 8.35. The van der Waals surface area contributed by atoms with Crippen molar-refractivity contribution in [2.75, 3.05) is 0 Å². The van der Waals surface area contributed by atoms with Crippen molar-refractivity contribution in [1.29, 1.82) is 0 Å². The van der Waals surface area contributed by atoms with E-state index >= 15 is 0 Å². The molecule has 1 radical (unpaired) electrons. The zero-order valence-electron chi connectivity index (χ0n) is 6.42. The van der Waals surface area contributed by atoms with Gasteiger partial charge in [0.05, 0.1) is 12.2 Å². The van der Waals surface area contributed by atoms with Gasteiger partial charge in [0.2, 0.25) is 0 Å². The Morgan fingerprint density at radius 1 is 0.889 bits per heavy atom. The lowest BCUT2D eigenvalue weighted by Gasteiger charge is -2.06. The van der Waals surface area contributed by atoms with E-state index in [2.05, 4.69) is 0 Å². The second-order valence-corrected chi connectivity index (χ2v) is 2.95. The van der Waals surface area contributed by atoms with Gasteiger partial charge in [0.25, 0.3) is 9.03 Å². The summed E-state index contributed by atoms with van der Waals surface area (Å²) < 4.78 is 10.2. The molecule has 0 aliphatic carbocycles. The molecule has 0 N–H and O–H groups in total. The predicted octanol–water partition coefficient (Wildman–Crippen LogP) is 2.61. The van der Waals surface area contributed by atoms with Gasteiger partial charge in [-0.15, -0.1) is 0 Å². The maximum atomic E-state index is 5.10. The summed E-state index contributed by atoms with van der Waals surface area (Å²) in [6.45, 7) is 7.93. The summed E-state index contributed by atoms with van der Waals surface area (Å²) in [6.07, 6.45) is 0.510. The van der Waals surface area contributed by atoms with Crippen LogP contribution in [0.25, 0.3) is 0 Å². The van der Waals surface area contributed by atoms with E-state index in [-0.39, 0.29) is 12.2 Å². The zero-order chi connectivity index (χ0) is 7.28. The summed E-state index contributed by atoms with van der Waals surface area (Å²) in [5, 5.41) is 0. The first kappa shape index (κ1) is 9.35. The second kappa shape index (κ2) is 5.16. The van der Waals surface area contributed by atoms with E-state index in [4.69, 9.17) is 9.05 Å². The van der Waals surface area contributed by atoms with Gasteiger partial charge >= 0.3 is 0 Å². The molecule has 0 bridgehead atoms. The molecule has 0 rings (SSSR count). The SMILES string of the molecule is CC(C)O[P]OC(C)C. The minimum atomic E-state index is 0.255. The summed E-state index contributed by atoms with van der Waals surface area (Å²) in [5.41, 5.74) is 0. The quantitative estimate of drug-likeness (QED) is 0.572. The Balaban J connectivity index is 2.91. The van der Waals surface area contributed by atoms with Crippen molar-refractivity contribution in [3.63, 3.8) is 0 Å². The van der Waals surface area contributed by atoms with Gasteiger partial charge in [-0.1, -0.05) is 0 Å². The molecule has 0 aromatic heterocycles. The fourth-order valence-corrected chi connectivity index (χ4v) is 0.591. The summed E-state index contributed by atoms with van der Waals surface area (Å²) in [7, 11) is 0.631. The first-order chi connectivity index (χ1) is 4.13. The molecule has 0 aliphatic heterocycles. The van der Waals surface area contributed by atoms with Gasteiger partial charge in [0.15, 0.2) is 0 Å². The van der Waals surface area contributed by atoms with Crippen molar-refractivity contribution < 1.29 is 9.05 Å².